The zero-order chi connectivity index (χ0) is 19.8. The standard InChI is InChI=1S/C20H19ClN4O3/c1-10-3-16-17(6-14(10)21)23-20(22-16)18-7-15(24-25-18)11-4-12(8-26)13(9-27)19(5-11)28-2/h3-7,26-27H,8-9H2,1-2H3,(H,22,23)(H,24,25). The molecule has 0 aliphatic carbocycles. The fourth-order valence-corrected chi connectivity index (χ4v) is 3.37. The van der Waals surface area contributed by atoms with Gasteiger partial charge in [0, 0.05) is 16.1 Å². The summed E-state index contributed by atoms with van der Waals surface area (Å²) in [5, 5.41) is 27.2. The van der Waals surface area contributed by atoms with Crippen LogP contribution >= 0.6 is 11.6 Å². The monoisotopic (exact) mass is 398 g/mol. The van der Waals surface area contributed by atoms with Gasteiger partial charge in [0.05, 0.1) is 37.1 Å². The molecule has 0 amide bonds. The Morgan fingerprint density at radius 3 is 2.64 bits per heavy atom. The highest BCUT2D eigenvalue weighted by Crippen LogP contribution is 2.32. The summed E-state index contributed by atoms with van der Waals surface area (Å²) in [6.07, 6.45) is 0. The Kier molecular flexibility index (Phi) is 4.80. The summed E-state index contributed by atoms with van der Waals surface area (Å²) in [6, 6.07) is 9.22. The van der Waals surface area contributed by atoms with E-state index in [0.29, 0.717) is 33.4 Å². The van der Waals surface area contributed by atoms with Gasteiger partial charge in [-0.25, -0.2) is 4.98 Å². The van der Waals surface area contributed by atoms with E-state index in [1.807, 2.05) is 25.1 Å². The van der Waals surface area contributed by atoms with Gasteiger partial charge in [0.15, 0.2) is 5.82 Å². The molecule has 4 aromatic rings. The molecule has 8 heteroatoms. The molecule has 2 heterocycles. The molecule has 0 aliphatic rings. The maximum atomic E-state index is 9.63. The van der Waals surface area contributed by atoms with Crippen LogP contribution in [-0.4, -0.2) is 37.5 Å². The van der Waals surface area contributed by atoms with Crippen molar-refractivity contribution in [3.05, 3.63) is 52.0 Å². The van der Waals surface area contributed by atoms with E-state index in [0.717, 1.165) is 27.9 Å². The van der Waals surface area contributed by atoms with Crippen molar-refractivity contribution >= 4 is 22.6 Å². The quantitative estimate of drug-likeness (QED) is 0.411. The number of nitrogens with zero attached hydrogens (tertiary/aromatic N) is 2. The molecule has 0 atom stereocenters. The molecule has 0 radical (unpaired) electrons. The van der Waals surface area contributed by atoms with Crippen molar-refractivity contribution in [3.8, 4) is 28.5 Å². The van der Waals surface area contributed by atoms with Crippen LogP contribution in [0.1, 0.15) is 16.7 Å². The zero-order valence-corrected chi connectivity index (χ0v) is 16.1. The number of aromatic amines is 2. The molecule has 4 N–H and O–H groups in total. The van der Waals surface area contributed by atoms with E-state index in [9.17, 15) is 10.2 Å². The van der Waals surface area contributed by atoms with Crippen LogP contribution in [0.2, 0.25) is 5.02 Å². The first-order valence-electron chi connectivity index (χ1n) is 8.67. The Labute approximate surface area is 166 Å². The number of rotatable bonds is 5. The van der Waals surface area contributed by atoms with E-state index in [1.54, 1.807) is 12.1 Å². The third kappa shape index (κ3) is 3.13. The lowest BCUT2D eigenvalue weighted by Gasteiger charge is -2.12. The average Bonchev–Trinajstić information content (AvgIpc) is 3.34. The lowest BCUT2D eigenvalue weighted by Crippen LogP contribution is -1.99. The number of aryl methyl sites for hydroxylation is 1. The second-order valence-electron chi connectivity index (χ2n) is 6.50. The molecule has 0 fully saturated rings. The lowest BCUT2D eigenvalue weighted by atomic mass is 10.0. The normalized spacial score (nSPS) is 11.3. The maximum Gasteiger partial charge on any atom is 0.156 e. The average molecular weight is 399 g/mol. The van der Waals surface area contributed by atoms with E-state index >= 15 is 0 Å². The van der Waals surface area contributed by atoms with E-state index in [1.165, 1.54) is 7.11 Å². The molecule has 0 saturated carbocycles. The molecule has 4 rings (SSSR count). The van der Waals surface area contributed by atoms with Crippen molar-refractivity contribution in [1.29, 1.82) is 0 Å². The molecule has 0 unspecified atom stereocenters. The van der Waals surface area contributed by atoms with Gasteiger partial charge in [0.1, 0.15) is 11.4 Å². The summed E-state index contributed by atoms with van der Waals surface area (Å²) in [6.45, 7) is 1.52. The van der Waals surface area contributed by atoms with Crippen molar-refractivity contribution in [2.24, 2.45) is 0 Å². The molecule has 0 bridgehead atoms. The number of benzene rings is 2. The Morgan fingerprint density at radius 2 is 1.93 bits per heavy atom. The Morgan fingerprint density at radius 1 is 1.11 bits per heavy atom. The molecule has 7 nitrogen and oxygen atoms in total. The van der Waals surface area contributed by atoms with E-state index < -0.39 is 0 Å². The van der Waals surface area contributed by atoms with E-state index in [4.69, 9.17) is 16.3 Å². The minimum absolute atomic E-state index is 0.207. The minimum Gasteiger partial charge on any atom is -0.496 e. The third-order valence-corrected chi connectivity index (χ3v) is 5.15. The molecular formula is C20H19ClN4O3. The SMILES string of the molecule is COc1cc(-c2cc(-c3nc4cc(Cl)c(C)cc4[nH]3)[nH]n2)cc(CO)c1CO. The summed E-state index contributed by atoms with van der Waals surface area (Å²) in [5.74, 6) is 1.15. The molecule has 2 aromatic heterocycles. The summed E-state index contributed by atoms with van der Waals surface area (Å²) in [4.78, 5) is 7.85. The van der Waals surface area contributed by atoms with Crippen LogP contribution in [0.25, 0.3) is 33.8 Å². The van der Waals surface area contributed by atoms with Gasteiger partial charge in [-0.1, -0.05) is 11.6 Å². The summed E-state index contributed by atoms with van der Waals surface area (Å²) >= 11 is 6.18. The fourth-order valence-electron chi connectivity index (χ4n) is 3.21. The Hall–Kier alpha value is -2.87. The smallest absolute Gasteiger partial charge is 0.156 e. The molecule has 28 heavy (non-hydrogen) atoms. The van der Waals surface area contributed by atoms with Gasteiger partial charge in [0.2, 0.25) is 0 Å². The van der Waals surface area contributed by atoms with Crippen LogP contribution < -0.4 is 4.74 Å². The van der Waals surface area contributed by atoms with Crippen LogP contribution in [0.5, 0.6) is 5.75 Å². The molecule has 144 valence electrons. The van der Waals surface area contributed by atoms with E-state index in [2.05, 4.69) is 20.2 Å². The highest BCUT2D eigenvalue weighted by molar-refractivity contribution is 6.32. The van der Waals surface area contributed by atoms with E-state index in [-0.39, 0.29) is 13.2 Å². The molecule has 0 aliphatic heterocycles. The minimum atomic E-state index is -0.216. The third-order valence-electron chi connectivity index (χ3n) is 4.74. The number of hydrogen-bond acceptors (Lipinski definition) is 5. The largest absolute Gasteiger partial charge is 0.496 e. The second-order valence-corrected chi connectivity index (χ2v) is 6.91. The number of methoxy groups -OCH3 is 1. The number of fused-ring (bicyclic) bond motifs is 1. The predicted molar refractivity (Wildman–Crippen MR) is 107 cm³/mol. The predicted octanol–water partition coefficient (Wildman–Crippen LogP) is 3.58. The summed E-state index contributed by atoms with van der Waals surface area (Å²) in [7, 11) is 1.52. The summed E-state index contributed by atoms with van der Waals surface area (Å²) < 4.78 is 5.35. The van der Waals surface area contributed by atoms with Gasteiger partial charge in [0.25, 0.3) is 0 Å². The van der Waals surface area contributed by atoms with Crippen molar-refractivity contribution in [1.82, 2.24) is 20.2 Å². The fraction of sp³-hybridized carbons (Fsp3) is 0.200. The number of aromatic nitrogens is 4. The number of H-pyrrole nitrogens is 2. The maximum absolute atomic E-state index is 9.63. The number of aliphatic hydroxyl groups is 2. The van der Waals surface area contributed by atoms with Gasteiger partial charge < -0.3 is 19.9 Å². The van der Waals surface area contributed by atoms with Crippen molar-refractivity contribution in [3.63, 3.8) is 0 Å². The second kappa shape index (κ2) is 7.27. The molecule has 2 aromatic carbocycles. The van der Waals surface area contributed by atoms with Gasteiger partial charge in [-0.2, -0.15) is 5.10 Å². The number of ether oxygens (including phenoxy) is 1. The van der Waals surface area contributed by atoms with Crippen LogP contribution in [0.3, 0.4) is 0 Å². The lowest BCUT2D eigenvalue weighted by molar-refractivity contribution is 0.254. The van der Waals surface area contributed by atoms with Gasteiger partial charge in [-0.3, -0.25) is 5.10 Å². The van der Waals surface area contributed by atoms with Crippen molar-refractivity contribution in [2.45, 2.75) is 20.1 Å². The van der Waals surface area contributed by atoms with Crippen molar-refractivity contribution in [2.75, 3.05) is 7.11 Å². The molecular weight excluding hydrogens is 380 g/mol. The summed E-state index contributed by atoms with van der Waals surface area (Å²) in [5.41, 5.74) is 5.95. The number of hydrogen-bond donors (Lipinski definition) is 4. The Balaban J connectivity index is 1.76. The Bertz CT molecular complexity index is 1100. The van der Waals surface area contributed by atoms with Crippen LogP contribution in [0.4, 0.5) is 0 Å². The first kappa shape index (κ1) is 18.5. The van der Waals surface area contributed by atoms with Gasteiger partial charge in [-0.15, -0.1) is 0 Å². The number of aliphatic hydroxyl groups excluding tert-OH is 2. The number of nitrogens with one attached hydrogen (secondary N) is 2. The first-order valence-corrected chi connectivity index (χ1v) is 9.05. The van der Waals surface area contributed by atoms with Gasteiger partial charge in [-0.05, 0) is 48.4 Å². The topological polar surface area (TPSA) is 107 Å². The number of imidazole rings is 1. The van der Waals surface area contributed by atoms with Crippen LogP contribution in [0, 0.1) is 6.92 Å². The highest BCUT2D eigenvalue weighted by Gasteiger charge is 2.15. The van der Waals surface area contributed by atoms with Crippen molar-refractivity contribution < 1.29 is 14.9 Å². The highest BCUT2D eigenvalue weighted by atomic mass is 35.5. The van der Waals surface area contributed by atoms with Gasteiger partial charge >= 0.3 is 0 Å². The number of halogens is 1. The molecule has 0 saturated heterocycles. The molecule has 0 spiro atoms. The van der Waals surface area contributed by atoms with Crippen LogP contribution in [0.15, 0.2) is 30.3 Å². The zero-order valence-electron chi connectivity index (χ0n) is 15.4. The first-order chi connectivity index (χ1) is 13.5. The van der Waals surface area contributed by atoms with Crippen LogP contribution in [-0.2, 0) is 13.2 Å².